The Labute approximate surface area is 161 Å². The highest BCUT2D eigenvalue weighted by Gasteiger charge is 2.29. The maximum Gasteiger partial charge on any atom is 0.250 e. The van der Waals surface area contributed by atoms with E-state index in [1.807, 2.05) is 54.0 Å². The summed E-state index contributed by atoms with van der Waals surface area (Å²) in [6.45, 7) is 6.76. The van der Waals surface area contributed by atoms with E-state index in [0.717, 1.165) is 38.0 Å². The largest absolute Gasteiger partial charge is 0.348 e. The van der Waals surface area contributed by atoms with Crippen LogP contribution < -0.4 is 5.32 Å². The third-order valence-electron chi connectivity index (χ3n) is 4.59. The van der Waals surface area contributed by atoms with Gasteiger partial charge in [0.1, 0.15) is 0 Å². The summed E-state index contributed by atoms with van der Waals surface area (Å²) in [5.41, 5.74) is 0.955. The van der Waals surface area contributed by atoms with Gasteiger partial charge in [0.25, 0.3) is 0 Å². The van der Waals surface area contributed by atoms with Crippen LogP contribution in [0, 0.1) is 5.92 Å². The number of hydrogen-bond acceptors (Lipinski definition) is 3. The average molecular weight is 374 g/mol. The summed E-state index contributed by atoms with van der Waals surface area (Å²) in [6, 6.07) is 9.62. The van der Waals surface area contributed by atoms with Crippen LogP contribution in [-0.2, 0) is 9.59 Å². The Morgan fingerprint density at radius 1 is 1.27 bits per heavy atom. The van der Waals surface area contributed by atoms with E-state index in [2.05, 4.69) is 5.32 Å². The molecule has 0 saturated carbocycles. The molecule has 0 aromatic heterocycles. The summed E-state index contributed by atoms with van der Waals surface area (Å²) in [5, 5.41) is 3.14. The number of carbonyl (C=O) groups is 2. The molecule has 1 fully saturated rings. The molecule has 0 spiro atoms. The lowest BCUT2D eigenvalue weighted by molar-refractivity contribution is -0.136. The lowest BCUT2D eigenvalue weighted by Crippen LogP contribution is -2.50. The number of nitrogens with zero attached hydrogens (tertiary/aromatic N) is 2. The molecular weight excluding hydrogens is 346 g/mol. The highest BCUT2D eigenvalue weighted by molar-refractivity contribution is 7.80. The van der Waals surface area contributed by atoms with Crippen molar-refractivity contribution in [3.8, 4) is 0 Å². The van der Waals surface area contributed by atoms with Crippen molar-refractivity contribution < 1.29 is 9.59 Å². The summed E-state index contributed by atoms with van der Waals surface area (Å²) in [7, 11) is 0. The van der Waals surface area contributed by atoms with Gasteiger partial charge in [-0.15, -0.1) is 0 Å². The van der Waals surface area contributed by atoms with Crippen molar-refractivity contribution >= 4 is 35.2 Å². The first kappa shape index (κ1) is 20.1. The lowest BCUT2D eigenvalue weighted by Gasteiger charge is -2.35. The Kier molecular flexibility index (Phi) is 7.78. The minimum absolute atomic E-state index is 0.0571. The highest BCUT2D eigenvalue weighted by atomic mass is 32.1. The van der Waals surface area contributed by atoms with Crippen molar-refractivity contribution in [2.45, 2.75) is 26.7 Å². The van der Waals surface area contributed by atoms with E-state index in [-0.39, 0.29) is 17.7 Å². The Morgan fingerprint density at radius 2 is 1.96 bits per heavy atom. The predicted octanol–water partition coefficient (Wildman–Crippen LogP) is 2.68. The Morgan fingerprint density at radius 3 is 2.62 bits per heavy atom. The summed E-state index contributed by atoms with van der Waals surface area (Å²) >= 11 is 5.38. The third kappa shape index (κ3) is 5.66. The molecule has 2 amide bonds. The smallest absolute Gasteiger partial charge is 0.250 e. The van der Waals surface area contributed by atoms with Crippen molar-refractivity contribution in [3.05, 3.63) is 42.0 Å². The Hall–Kier alpha value is -2.21. The van der Waals surface area contributed by atoms with Gasteiger partial charge in [-0.3, -0.25) is 14.9 Å². The number of thiocarbonyl (C=S) groups is 1. The van der Waals surface area contributed by atoms with Gasteiger partial charge < -0.3 is 9.80 Å². The van der Waals surface area contributed by atoms with Crippen LogP contribution in [0.25, 0.3) is 6.08 Å². The maximum atomic E-state index is 12.6. The standard InChI is InChI=1S/C20H27N3O2S/c1-3-22(4-2)19(25)17-11-8-14-23(15-17)20(26)21-18(24)13-12-16-9-6-5-7-10-16/h5-7,9-10,12-13,17H,3-4,8,11,14-15H2,1-2H3,(H,21,24,26)/b13-12+. The van der Waals surface area contributed by atoms with Crippen LogP contribution >= 0.6 is 12.2 Å². The van der Waals surface area contributed by atoms with Gasteiger partial charge in [-0.25, -0.2) is 0 Å². The summed E-state index contributed by atoms with van der Waals surface area (Å²) in [6.07, 6.45) is 4.99. The lowest BCUT2D eigenvalue weighted by atomic mass is 9.96. The van der Waals surface area contributed by atoms with E-state index < -0.39 is 0 Å². The van der Waals surface area contributed by atoms with E-state index in [0.29, 0.717) is 11.7 Å². The van der Waals surface area contributed by atoms with Crippen LogP contribution in [0.1, 0.15) is 32.3 Å². The molecule has 26 heavy (non-hydrogen) atoms. The molecule has 1 atom stereocenters. The normalized spacial score (nSPS) is 17.2. The second-order valence-electron chi connectivity index (χ2n) is 6.33. The summed E-state index contributed by atoms with van der Waals surface area (Å²) in [5.74, 6) is -0.132. The molecule has 1 unspecified atom stereocenters. The molecule has 0 bridgehead atoms. The molecule has 0 radical (unpaired) electrons. The monoisotopic (exact) mass is 373 g/mol. The van der Waals surface area contributed by atoms with E-state index in [1.165, 1.54) is 6.08 Å². The van der Waals surface area contributed by atoms with Crippen LogP contribution in [0.2, 0.25) is 0 Å². The minimum atomic E-state index is -0.254. The Bertz CT molecular complexity index is 656. The number of amides is 2. The summed E-state index contributed by atoms with van der Waals surface area (Å²) in [4.78, 5) is 28.5. The fraction of sp³-hybridized carbons (Fsp3) is 0.450. The maximum absolute atomic E-state index is 12.6. The Balaban J connectivity index is 1.89. The van der Waals surface area contributed by atoms with Gasteiger partial charge in [0.15, 0.2) is 5.11 Å². The first-order chi connectivity index (χ1) is 12.5. The number of rotatable bonds is 5. The number of likely N-dealkylation sites (tertiary alicyclic amines) is 1. The molecule has 5 nitrogen and oxygen atoms in total. The van der Waals surface area contributed by atoms with Gasteiger partial charge in [-0.2, -0.15) is 0 Å². The molecule has 1 aromatic carbocycles. The molecule has 1 aromatic rings. The highest BCUT2D eigenvalue weighted by Crippen LogP contribution is 2.19. The fourth-order valence-corrected chi connectivity index (χ4v) is 3.39. The number of nitrogens with one attached hydrogen (secondary N) is 1. The molecule has 1 N–H and O–H groups in total. The topological polar surface area (TPSA) is 52.7 Å². The fourth-order valence-electron chi connectivity index (χ4n) is 3.12. The molecule has 2 rings (SSSR count). The first-order valence-electron chi connectivity index (χ1n) is 9.17. The number of hydrogen-bond donors (Lipinski definition) is 1. The van der Waals surface area contributed by atoms with Gasteiger partial charge >= 0.3 is 0 Å². The SMILES string of the molecule is CCN(CC)C(=O)C1CCCN(C(=S)NC(=O)/C=C/c2ccccc2)C1. The van der Waals surface area contributed by atoms with E-state index in [4.69, 9.17) is 12.2 Å². The van der Waals surface area contributed by atoms with Crippen LogP contribution in [0.4, 0.5) is 0 Å². The second-order valence-corrected chi connectivity index (χ2v) is 6.72. The average Bonchev–Trinajstić information content (AvgIpc) is 2.68. The van der Waals surface area contributed by atoms with Gasteiger partial charge in [-0.1, -0.05) is 30.3 Å². The number of benzene rings is 1. The first-order valence-corrected chi connectivity index (χ1v) is 9.57. The zero-order chi connectivity index (χ0) is 18.9. The molecule has 1 saturated heterocycles. The van der Waals surface area contributed by atoms with Crippen molar-refractivity contribution in [3.63, 3.8) is 0 Å². The van der Waals surface area contributed by atoms with Gasteiger partial charge in [0, 0.05) is 32.3 Å². The van der Waals surface area contributed by atoms with Crippen LogP contribution in [0.3, 0.4) is 0 Å². The molecular formula is C20H27N3O2S. The molecule has 1 aliphatic rings. The zero-order valence-electron chi connectivity index (χ0n) is 15.5. The molecule has 140 valence electrons. The third-order valence-corrected chi connectivity index (χ3v) is 4.95. The van der Waals surface area contributed by atoms with Gasteiger partial charge in [0.2, 0.25) is 11.8 Å². The second kappa shape index (κ2) is 10.1. The quantitative estimate of drug-likeness (QED) is 0.637. The molecule has 1 heterocycles. The van der Waals surface area contributed by atoms with Crippen molar-refractivity contribution in [1.82, 2.24) is 15.1 Å². The van der Waals surface area contributed by atoms with Crippen LogP contribution in [0.5, 0.6) is 0 Å². The van der Waals surface area contributed by atoms with Crippen LogP contribution in [0.15, 0.2) is 36.4 Å². The minimum Gasteiger partial charge on any atom is -0.348 e. The number of piperidine rings is 1. The van der Waals surface area contributed by atoms with Crippen molar-refractivity contribution in [2.75, 3.05) is 26.2 Å². The predicted molar refractivity (Wildman–Crippen MR) is 108 cm³/mol. The van der Waals surface area contributed by atoms with E-state index in [1.54, 1.807) is 6.08 Å². The van der Waals surface area contributed by atoms with E-state index >= 15 is 0 Å². The number of carbonyl (C=O) groups excluding carboxylic acids is 2. The van der Waals surface area contributed by atoms with Gasteiger partial charge in [-0.05, 0) is 50.5 Å². The van der Waals surface area contributed by atoms with Crippen molar-refractivity contribution in [2.24, 2.45) is 5.92 Å². The molecule has 0 aliphatic carbocycles. The van der Waals surface area contributed by atoms with Crippen LogP contribution in [-0.4, -0.2) is 52.9 Å². The van der Waals surface area contributed by atoms with E-state index in [9.17, 15) is 9.59 Å². The molecule has 6 heteroatoms. The molecule has 1 aliphatic heterocycles. The summed E-state index contributed by atoms with van der Waals surface area (Å²) < 4.78 is 0. The van der Waals surface area contributed by atoms with Gasteiger partial charge in [0.05, 0.1) is 5.92 Å². The zero-order valence-corrected chi connectivity index (χ0v) is 16.3. The van der Waals surface area contributed by atoms with Crippen molar-refractivity contribution in [1.29, 1.82) is 0 Å².